The number of benzene rings is 1. The first kappa shape index (κ1) is 14.3. The van der Waals surface area contributed by atoms with Crippen molar-refractivity contribution in [3.05, 3.63) is 23.8 Å². The minimum Gasteiger partial charge on any atom is -0.399 e. The fourth-order valence-electron chi connectivity index (χ4n) is 2.33. The van der Waals surface area contributed by atoms with E-state index in [1.54, 1.807) is 19.1 Å². The van der Waals surface area contributed by atoms with Crippen LogP contribution < -0.4 is 10.5 Å². The van der Waals surface area contributed by atoms with E-state index in [1.807, 2.05) is 0 Å². The van der Waals surface area contributed by atoms with Crippen molar-refractivity contribution in [1.82, 2.24) is 4.72 Å². The van der Waals surface area contributed by atoms with Crippen molar-refractivity contribution in [2.75, 3.05) is 5.73 Å². The number of aliphatic hydroxyl groups excluding tert-OH is 1. The molecule has 1 aliphatic rings. The predicted molar refractivity (Wildman–Crippen MR) is 74.2 cm³/mol. The molecule has 0 radical (unpaired) electrons. The molecule has 0 aromatic heterocycles. The van der Waals surface area contributed by atoms with E-state index in [1.165, 1.54) is 6.07 Å². The maximum absolute atomic E-state index is 12.2. The van der Waals surface area contributed by atoms with Gasteiger partial charge in [0.2, 0.25) is 10.0 Å². The molecular weight excluding hydrogens is 264 g/mol. The number of rotatable bonds is 3. The average Bonchev–Trinajstić information content (AvgIpc) is 2.35. The van der Waals surface area contributed by atoms with Crippen LogP contribution in [0.3, 0.4) is 0 Å². The fraction of sp³-hybridized carbons (Fsp3) is 0.538. The molecule has 1 aromatic carbocycles. The van der Waals surface area contributed by atoms with Gasteiger partial charge in [0, 0.05) is 11.7 Å². The molecule has 0 spiro atoms. The van der Waals surface area contributed by atoms with E-state index >= 15 is 0 Å². The molecule has 5 nitrogen and oxygen atoms in total. The van der Waals surface area contributed by atoms with Crippen molar-refractivity contribution < 1.29 is 13.5 Å². The summed E-state index contributed by atoms with van der Waals surface area (Å²) in [6.45, 7) is 1.77. The van der Waals surface area contributed by atoms with Gasteiger partial charge in [-0.25, -0.2) is 13.1 Å². The summed E-state index contributed by atoms with van der Waals surface area (Å²) < 4.78 is 27.1. The monoisotopic (exact) mass is 284 g/mol. The third-order valence-corrected chi connectivity index (χ3v) is 5.08. The molecule has 1 fully saturated rings. The third kappa shape index (κ3) is 3.26. The topological polar surface area (TPSA) is 92.4 Å². The number of hydrogen-bond donors (Lipinski definition) is 3. The van der Waals surface area contributed by atoms with Crippen LogP contribution in [0.15, 0.2) is 23.1 Å². The molecule has 1 saturated carbocycles. The fourth-order valence-corrected chi connectivity index (χ4v) is 3.72. The lowest BCUT2D eigenvalue weighted by molar-refractivity contribution is 0.101. The van der Waals surface area contributed by atoms with E-state index in [0.717, 1.165) is 18.4 Å². The lowest BCUT2D eigenvalue weighted by Crippen LogP contribution is -2.44. The number of nitrogens with two attached hydrogens (primary N) is 1. The summed E-state index contributed by atoms with van der Waals surface area (Å²) in [5.74, 6) is 0. The summed E-state index contributed by atoms with van der Waals surface area (Å²) in [6.07, 6.45) is 2.60. The van der Waals surface area contributed by atoms with Crippen LogP contribution in [-0.4, -0.2) is 25.7 Å². The molecule has 2 rings (SSSR count). The molecular formula is C13H20N2O3S. The van der Waals surface area contributed by atoms with Gasteiger partial charge in [-0.15, -0.1) is 0 Å². The molecule has 106 valence electrons. The highest BCUT2D eigenvalue weighted by Gasteiger charge is 2.28. The zero-order valence-electron chi connectivity index (χ0n) is 11.0. The number of anilines is 1. The molecule has 0 amide bonds. The lowest BCUT2D eigenvalue weighted by atomic mass is 9.93. The molecule has 0 saturated heterocycles. The summed E-state index contributed by atoms with van der Waals surface area (Å²) in [4.78, 5) is 0.192. The van der Waals surface area contributed by atoms with E-state index in [9.17, 15) is 13.5 Å². The first-order chi connectivity index (χ1) is 8.90. The Morgan fingerprint density at radius 3 is 2.63 bits per heavy atom. The quantitative estimate of drug-likeness (QED) is 0.726. The summed E-state index contributed by atoms with van der Waals surface area (Å²) in [6, 6.07) is 4.23. The number of aryl methyl sites for hydroxylation is 1. The Balaban J connectivity index is 2.19. The van der Waals surface area contributed by atoms with Gasteiger partial charge in [0.05, 0.1) is 11.0 Å². The molecule has 6 heteroatoms. The minimum atomic E-state index is -3.60. The standard InChI is InChI=1S/C13H20N2O3S/c1-9-8-10(6-7-11(9)14)19(17,18)15-12-4-2-3-5-13(12)16/h6-8,12-13,15-16H,2-5,14H2,1H3/t12-,13-/m1/s1. The van der Waals surface area contributed by atoms with E-state index in [-0.39, 0.29) is 4.90 Å². The second-order valence-corrected chi connectivity index (χ2v) is 6.81. The Hall–Kier alpha value is -1.11. The van der Waals surface area contributed by atoms with Gasteiger partial charge >= 0.3 is 0 Å². The molecule has 0 unspecified atom stereocenters. The number of aliphatic hydroxyl groups is 1. The summed E-state index contributed by atoms with van der Waals surface area (Å²) in [5, 5.41) is 9.83. The zero-order chi connectivity index (χ0) is 14.0. The molecule has 2 atom stereocenters. The van der Waals surface area contributed by atoms with Crippen molar-refractivity contribution in [2.24, 2.45) is 0 Å². The Bertz CT molecular complexity index is 557. The highest BCUT2D eigenvalue weighted by Crippen LogP contribution is 2.22. The molecule has 1 aromatic rings. The van der Waals surface area contributed by atoms with Crippen molar-refractivity contribution in [3.8, 4) is 0 Å². The van der Waals surface area contributed by atoms with Gasteiger partial charge < -0.3 is 10.8 Å². The number of nitrogens with one attached hydrogen (secondary N) is 1. The van der Waals surface area contributed by atoms with Gasteiger partial charge in [-0.1, -0.05) is 12.8 Å². The largest absolute Gasteiger partial charge is 0.399 e. The van der Waals surface area contributed by atoms with E-state index in [0.29, 0.717) is 18.5 Å². The van der Waals surface area contributed by atoms with Gasteiger partial charge in [0.15, 0.2) is 0 Å². The smallest absolute Gasteiger partial charge is 0.240 e. The van der Waals surface area contributed by atoms with Crippen LogP contribution in [0.1, 0.15) is 31.2 Å². The third-order valence-electron chi connectivity index (χ3n) is 3.59. The van der Waals surface area contributed by atoms with Crippen LogP contribution in [0, 0.1) is 6.92 Å². The first-order valence-electron chi connectivity index (χ1n) is 6.46. The second kappa shape index (κ2) is 5.48. The molecule has 0 bridgehead atoms. The normalized spacial score (nSPS) is 24.3. The molecule has 1 aliphatic carbocycles. The van der Waals surface area contributed by atoms with Crippen LogP contribution in [-0.2, 0) is 10.0 Å². The maximum Gasteiger partial charge on any atom is 0.240 e. The van der Waals surface area contributed by atoms with Crippen molar-refractivity contribution in [3.63, 3.8) is 0 Å². The first-order valence-corrected chi connectivity index (χ1v) is 7.95. The lowest BCUT2D eigenvalue weighted by Gasteiger charge is -2.28. The van der Waals surface area contributed by atoms with Crippen LogP contribution in [0.25, 0.3) is 0 Å². The van der Waals surface area contributed by atoms with Gasteiger partial charge in [0.25, 0.3) is 0 Å². The predicted octanol–water partition coefficient (Wildman–Crippen LogP) is 1.16. The molecule has 19 heavy (non-hydrogen) atoms. The molecule has 0 heterocycles. The highest BCUT2D eigenvalue weighted by molar-refractivity contribution is 7.89. The van der Waals surface area contributed by atoms with Crippen LogP contribution >= 0.6 is 0 Å². The van der Waals surface area contributed by atoms with Crippen LogP contribution in [0.5, 0.6) is 0 Å². The van der Waals surface area contributed by atoms with Crippen LogP contribution in [0.2, 0.25) is 0 Å². The van der Waals surface area contributed by atoms with Gasteiger partial charge in [0.1, 0.15) is 0 Å². The zero-order valence-corrected chi connectivity index (χ0v) is 11.8. The summed E-state index contributed by atoms with van der Waals surface area (Å²) in [5.41, 5.74) is 6.98. The van der Waals surface area contributed by atoms with Crippen molar-refractivity contribution >= 4 is 15.7 Å². The summed E-state index contributed by atoms with van der Waals surface area (Å²) >= 11 is 0. The van der Waals surface area contributed by atoms with Gasteiger partial charge in [-0.3, -0.25) is 0 Å². The van der Waals surface area contributed by atoms with Crippen LogP contribution in [0.4, 0.5) is 5.69 Å². The molecule has 4 N–H and O–H groups in total. The minimum absolute atomic E-state index is 0.192. The average molecular weight is 284 g/mol. The van der Waals surface area contributed by atoms with E-state index in [2.05, 4.69) is 4.72 Å². The Labute approximate surface area is 113 Å². The van der Waals surface area contributed by atoms with Gasteiger partial charge in [-0.2, -0.15) is 0 Å². The second-order valence-electron chi connectivity index (χ2n) is 5.10. The molecule has 0 aliphatic heterocycles. The number of sulfonamides is 1. The SMILES string of the molecule is Cc1cc(S(=O)(=O)N[C@@H]2CCCC[C@H]2O)ccc1N. The Morgan fingerprint density at radius 1 is 1.32 bits per heavy atom. The highest BCUT2D eigenvalue weighted by atomic mass is 32.2. The van der Waals surface area contributed by atoms with Crippen molar-refractivity contribution in [2.45, 2.75) is 49.6 Å². The number of nitrogen functional groups attached to an aromatic ring is 1. The maximum atomic E-state index is 12.2. The summed E-state index contributed by atoms with van der Waals surface area (Å²) in [7, 11) is -3.60. The van der Waals surface area contributed by atoms with Crippen molar-refractivity contribution in [1.29, 1.82) is 0 Å². The van der Waals surface area contributed by atoms with E-state index < -0.39 is 22.2 Å². The Kier molecular flexibility index (Phi) is 4.13. The van der Waals surface area contributed by atoms with Gasteiger partial charge in [-0.05, 0) is 43.5 Å². The Morgan fingerprint density at radius 2 is 2.00 bits per heavy atom. The number of hydrogen-bond acceptors (Lipinski definition) is 4. The van der Waals surface area contributed by atoms with E-state index in [4.69, 9.17) is 5.73 Å².